The van der Waals surface area contributed by atoms with E-state index in [2.05, 4.69) is 0 Å². The van der Waals surface area contributed by atoms with Crippen LogP contribution in [0.3, 0.4) is 0 Å². The van der Waals surface area contributed by atoms with Gasteiger partial charge >= 0.3 is 11.9 Å². The van der Waals surface area contributed by atoms with Gasteiger partial charge in [0, 0.05) is 13.2 Å². The fraction of sp³-hybridized carbons (Fsp3) is 0.818. The van der Waals surface area contributed by atoms with E-state index < -0.39 is 17.4 Å². The molecule has 0 aromatic carbocycles. The Kier molecular flexibility index (Phi) is 2.88. The molecule has 1 heterocycles. The second-order valence-electron chi connectivity index (χ2n) is 4.53. The molecule has 2 aliphatic rings. The third-order valence-electron chi connectivity index (χ3n) is 3.70. The van der Waals surface area contributed by atoms with E-state index in [1.54, 1.807) is 0 Å². The van der Waals surface area contributed by atoms with Gasteiger partial charge in [-0.05, 0) is 24.7 Å². The van der Waals surface area contributed by atoms with Crippen LogP contribution in [0.4, 0.5) is 0 Å². The van der Waals surface area contributed by atoms with Gasteiger partial charge in [0.25, 0.3) is 0 Å². The van der Waals surface area contributed by atoms with Gasteiger partial charge in [0.2, 0.25) is 0 Å². The molecule has 5 heteroatoms. The maximum absolute atomic E-state index is 11.8. The Hall–Kier alpha value is -1.10. The smallest absolute Gasteiger partial charge is 0.323 e. The lowest BCUT2D eigenvalue weighted by molar-refractivity contribution is -0.169. The topological polar surface area (TPSA) is 61.8 Å². The van der Waals surface area contributed by atoms with Gasteiger partial charge in [-0.2, -0.15) is 0 Å². The van der Waals surface area contributed by atoms with Crippen molar-refractivity contribution in [2.75, 3.05) is 27.4 Å². The minimum absolute atomic E-state index is 0.276. The van der Waals surface area contributed by atoms with Gasteiger partial charge in [-0.15, -0.1) is 0 Å². The van der Waals surface area contributed by atoms with Crippen molar-refractivity contribution < 1.29 is 23.8 Å². The number of methoxy groups -OCH3 is 2. The van der Waals surface area contributed by atoms with Crippen LogP contribution in [0.5, 0.6) is 0 Å². The fourth-order valence-electron chi connectivity index (χ4n) is 2.88. The normalized spacial score (nSPS) is 30.9. The Bertz CT molecular complexity index is 281. The fourth-order valence-corrected chi connectivity index (χ4v) is 2.88. The highest BCUT2D eigenvalue weighted by Crippen LogP contribution is 2.49. The van der Waals surface area contributed by atoms with Crippen molar-refractivity contribution in [3.8, 4) is 0 Å². The molecule has 0 aromatic heterocycles. The van der Waals surface area contributed by atoms with Crippen molar-refractivity contribution in [1.29, 1.82) is 0 Å². The standard InChI is InChI=1S/C11H16O5/c1-14-9(12)11(10(13)15-2)3-7-5-16-6-8(7)4-11/h7-8H,3-6H2,1-2H3. The van der Waals surface area contributed by atoms with Crippen LogP contribution in [-0.4, -0.2) is 39.4 Å². The zero-order valence-corrected chi connectivity index (χ0v) is 9.52. The zero-order chi connectivity index (χ0) is 11.8. The first-order valence-electron chi connectivity index (χ1n) is 5.38. The number of esters is 2. The number of carbonyl (C=O) groups excluding carboxylic acids is 2. The quantitative estimate of drug-likeness (QED) is 0.505. The lowest BCUT2D eigenvalue weighted by Gasteiger charge is -2.23. The maximum Gasteiger partial charge on any atom is 0.323 e. The molecule has 0 aromatic rings. The summed E-state index contributed by atoms with van der Waals surface area (Å²) in [6.07, 6.45) is 0.966. The van der Waals surface area contributed by atoms with Gasteiger partial charge in [-0.3, -0.25) is 9.59 Å². The highest BCUT2D eigenvalue weighted by Gasteiger charge is 2.58. The van der Waals surface area contributed by atoms with E-state index in [4.69, 9.17) is 14.2 Å². The third-order valence-corrected chi connectivity index (χ3v) is 3.70. The molecule has 0 radical (unpaired) electrons. The molecule has 1 aliphatic heterocycles. The molecule has 5 nitrogen and oxygen atoms in total. The second-order valence-corrected chi connectivity index (χ2v) is 4.53. The lowest BCUT2D eigenvalue weighted by Crippen LogP contribution is -2.39. The number of rotatable bonds is 2. The highest BCUT2D eigenvalue weighted by atomic mass is 16.5. The Balaban J connectivity index is 2.24. The minimum Gasteiger partial charge on any atom is -0.468 e. The van der Waals surface area contributed by atoms with Crippen molar-refractivity contribution in [2.24, 2.45) is 17.3 Å². The van der Waals surface area contributed by atoms with Crippen molar-refractivity contribution in [2.45, 2.75) is 12.8 Å². The Morgan fingerprint density at radius 3 is 1.88 bits per heavy atom. The Labute approximate surface area is 94.0 Å². The van der Waals surface area contributed by atoms with Gasteiger partial charge in [0.05, 0.1) is 14.2 Å². The van der Waals surface area contributed by atoms with Gasteiger partial charge in [-0.1, -0.05) is 0 Å². The average Bonchev–Trinajstić information content (AvgIpc) is 2.85. The first-order chi connectivity index (χ1) is 7.64. The van der Waals surface area contributed by atoms with E-state index in [1.165, 1.54) is 14.2 Å². The summed E-state index contributed by atoms with van der Waals surface area (Å²) in [6.45, 7) is 1.25. The van der Waals surface area contributed by atoms with Crippen molar-refractivity contribution >= 4 is 11.9 Å². The summed E-state index contributed by atoms with van der Waals surface area (Å²) in [4.78, 5) is 23.6. The molecule has 0 spiro atoms. The molecule has 2 unspecified atom stereocenters. The van der Waals surface area contributed by atoms with Crippen LogP contribution in [0.1, 0.15) is 12.8 Å². The average molecular weight is 228 g/mol. The van der Waals surface area contributed by atoms with Crippen LogP contribution in [0, 0.1) is 17.3 Å². The predicted octanol–water partition coefficient (Wildman–Crippen LogP) is 0.375. The molecule has 1 aliphatic carbocycles. The van der Waals surface area contributed by atoms with E-state index >= 15 is 0 Å². The molecule has 90 valence electrons. The number of fused-ring (bicyclic) bond motifs is 1. The van der Waals surface area contributed by atoms with Crippen LogP contribution in [0.15, 0.2) is 0 Å². The van der Waals surface area contributed by atoms with Gasteiger partial charge in [0.1, 0.15) is 0 Å². The van der Waals surface area contributed by atoms with E-state index in [1.807, 2.05) is 0 Å². The van der Waals surface area contributed by atoms with Crippen LogP contribution in [-0.2, 0) is 23.8 Å². The van der Waals surface area contributed by atoms with E-state index in [-0.39, 0.29) is 11.8 Å². The minimum atomic E-state index is -1.09. The summed E-state index contributed by atoms with van der Waals surface area (Å²) >= 11 is 0. The summed E-state index contributed by atoms with van der Waals surface area (Å²) in [7, 11) is 2.61. The van der Waals surface area contributed by atoms with E-state index in [0.717, 1.165) is 0 Å². The largest absolute Gasteiger partial charge is 0.468 e. The Morgan fingerprint density at radius 2 is 1.50 bits per heavy atom. The summed E-state index contributed by atoms with van der Waals surface area (Å²) < 4.78 is 14.8. The summed E-state index contributed by atoms with van der Waals surface area (Å²) in [5.74, 6) is -0.404. The molecule has 2 atom stereocenters. The van der Waals surface area contributed by atoms with Gasteiger partial charge < -0.3 is 14.2 Å². The van der Waals surface area contributed by atoms with E-state index in [9.17, 15) is 9.59 Å². The predicted molar refractivity (Wildman–Crippen MR) is 53.5 cm³/mol. The lowest BCUT2D eigenvalue weighted by atomic mass is 9.85. The van der Waals surface area contributed by atoms with Crippen molar-refractivity contribution in [1.82, 2.24) is 0 Å². The SMILES string of the molecule is COC(=O)C1(C(=O)OC)CC2COCC2C1. The summed E-state index contributed by atoms with van der Waals surface area (Å²) in [5, 5.41) is 0. The Morgan fingerprint density at radius 1 is 1.06 bits per heavy atom. The maximum atomic E-state index is 11.8. The van der Waals surface area contributed by atoms with Gasteiger partial charge in [-0.25, -0.2) is 0 Å². The third kappa shape index (κ3) is 1.50. The first-order valence-corrected chi connectivity index (χ1v) is 5.38. The molecular formula is C11H16O5. The van der Waals surface area contributed by atoms with Gasteiger partial charge in [0.15, 0.2) is 5.41 Å². The molecule has 1 saturated carbocycles. The number of hydrogen-bond donors (Lipinski definition) is 0. The van der Waals surface area contributed by atoms with Crippen LogP contribution < -0.4 is 0 Å². The second kappa shape index (κ2) is 4.05. The molecule has 16 heavy (non-hydrogen) atoms. The zero-order valence-electron chi connectivity index (χ0n) is 9.52. The van der Waals surface area contributed by atoms with Crippen LogP contribution in [0.25, 0.3) is 0 Å². The molecule has 2 fully saturated rings. The molecule has 0 amide bonds. The first kappa shape index (κ1) is 11.4. The number of carbonyl (C=O) groups is 2. The molecule has 1 saturated heterocycles. The van der Waals surface area contributed by atoms with Crippen LogP contribution in [0.2, 0.25) is 0 Å². The molecule has 2 rings (SSSR count). The summed E-state index contributed by atoms with van der Waals surface area (Å²) in [5.41, 5.74) is -1.09. The monoisotopic (exact) mass is 228 g/mol. The number of hydrogen-bond acceptors (Lipinski definition) is 5. The summed E-state index contributed by atoms with van der Waals surface area (Å²) in [6, 6.07) is 0. The molecular weight excluding hydrogens is 212 g/mol. The molecule has 0 bridgehead atoms. The van der Waals surface area contributed by atoms with Crippen molar-refractivity contribution in [3.05, 3.63) is 0 Å². The highest BCUT2D eigenvalue weighted by molar-refractivity contribution is 6.00. The molecule has 0 N–H and O–H groups in total. The van der Waals surface area contributed by atoms with Crippen LogP contribution >= 0.6 is 0 Å². The number of ether oxygens (including phenoxy) is 3. The van der Waals surface area contributed by atoms with E-state index in [0.29, 0.717) is 26.1 Å². The van der Waals surface area contributed by atoms with Crippen molar-refractivity contribution in [3.63, 3.8) is 0 Å².